The third-order valence-corrected chi connectivity index (χ3v) is 2.70. The van der Waals surface area contributed by atoms with Crippen LogP contribution < -0.4 is 0 Å². The van der Waals surface area contributed by atoms with Crippen molar-refractivity contribution in [3.05, 3.63) is 73.5 Å². The van der Waals surface area contributed by atoms with Crippen LogP contribution in [0.1, 0.15) is 40.5 Å². The van der Waals surface area contributed by atoms with Crippen LogP contribution in [0.15, 0.2) is 62.4 Å². The van der Waals surface area contributed by atoms with Crippen molar-refractivity contribution in [1.82, 2.24) is 0 Å². The molecule has 0 radical (unpaired) electrons. The average Bonchev–Trinajstić information content (AvgIpc) is 2.65. The molecule has 0 aliphatic heterocycles. The molecular formula is C20H24O6. The van der Waals surface area contributed by atoms with Crippen LogP contribution in [0.5, 0.6) is 0 Å². The molecule has 6 nitrogen and oxygen atoms in total. The quantitative estimate of drug-likeness (QED) is 0.288. The first-order valence-corrected chi connectivity index (χ1v) is 7.97. The SMILES string of the molecule is C=CCOC(=O)c1ccccc1C(=O)OCC=C.C=COC(=O)CCC. The lowest BCUT2D eigenvalue weighted by atomic mass is 10.1. The van der Waals surface area contributed by atoms with E-state index in [4.69, 9.17) is 9.47 Å². The van der Waals surface area contributed by atoms with Gasteiger partial charge >= 0.3 is 17.9 Å². The molecule has 26 heavy (non-hydrogen) atoms. The largest absolute Gasteiger partial charge is 0.458 e. The Morgan fingerprint density at radius 2 is 1.38 bits per heavy atom. The fourth-order valence-corrected chi connectivity index (χ4v) is 1.62. The first-order valence-electron chi connectivity index (χ1n) is 7.97. The summed E-state index contributed by atoms with van der Waals surface area (Å²) >= 11 is 0. The topological polar surface area (TPSA) is 78.9 Å². The monoisotopic (exact) mass is 360 g/mol. The van der Waals surface area contributed by atoms with Gasteiger partial charge in [-0.3, -0.25) is 4.79 Å². The van der Waals surface area contributed by atoms with Gasteiger partial charge in [0, 0.05) is 6.42 Å². The summed E-state index contributed by atoms with van der Waals surface area (Å²) in [5.74, 6) is -1.37. The average molecular weight is 360 g/mol. The Kier molecular flexibility index (Phi) is 12.5. The van der Waals surface area contributed by atoms with Gasteiger partial charge in [-0.05, 0) is 18.6 Å². The second-order valence-electron chi connectivity index (χ2n) is 4.73. The van der Waals surface area contributed by atoms with Gasteiger partial charge in [0.05, 0.1) is 17.4 Å². The minimum absolute atomic E-state index is 0.0921. The van der Waals surface area contributed by atoms with E-state index in [1.165, 1.54) is 24.3 Å². The normalized spacial score (nSPS) is 8.96. The number of esters is 3. The smallest absolute Gasteiger partial charge is 0.339 e. The maximum Gasteiger partial charge on any atom is 0.339 e. The molecule has 140 valence electrons. The van der Waals surface area contributed by atoms with Crippen molar-refractivity contribution in [2.45, 2.75) is 19.8 Å². The number of carbonyl (C=O) groups is 3. The van der Waals surface area contributed by atoms with Crippen LogP contribution in [0.3, 0.4) is 0 Å². The highest BCUT2D eigenvalue weighted by Crippen LogP contribution is 2.12. The standard InChI is InChI=1S/C14H14O4.C6H10O2/c1-3-9-17-13(15)11-7-5-6-8-12(11)14(16)18-10-4-2;1-3-5-6(7)8-4-2/h3-8H,1-2,9-10H2;4H,2-3,5H2,1H3. The van der Waals surface area contributed by atoms with Crippen molar-refractivity contribution in [1.29, 1.82) is 0 Å². The van der Waals surface area contributed by atoms with E-state index >= 15 is 0 Å². The van der Waals surface area contributed by atoms with Gasteiger partial charge < -0.3 is 14.2 Å². The zero-order valence-corrected chi connectivity index (χ0v) is 14.9. The molecular weight excluding hydrogens is 336 g/mol. The van der Waals surface area contributed by atoms with Gasteiger partial charge in [-0.25, -0.2) is 9.59 Å². The molecule has 0 N–H and O–H groups in total. The fourth-order valence-electron chi connectivity index (χ4n) is 1.62. The van der Waals surface area contributed by atoms with E-state index in [1.54, 1.807) is 12.1 Å². The van der Waals surface area contributed by atoms with E-state index in [0.29, 0.717) is 6.42 Å². The molecule has 0 bridgehead atoms. The first-order chi connectivity index (χ1) is 12.5. The third kappa shape index (κ3) is 9.22. The number of carbonyl (C=O) groups excluding carboxylic acids is 3. The maximum atomic E-state index is 11.7. The summed E-state index contributed by atoms with van der Waals surface area (Å²) in [6.45, 7) is 12.2. The van der Waals surface area contributed by atoms with Gasteiger partial charge in [-0.15, -0.1) is 0 Å². The molecule has 0 aliphatic carbocycles. The summed E-state index contributed by atoms with van der Waals surface area (Å²) in [7, 11) is 0. The summed E-state index contributed by atoms with van der Waals surface area (Å²) < 4.78 is 14.2. The minimum atomic E-state index is -0.582. The molecule has 0 spiro atoms. The lowest BCUT2D eigenvalue weighted by Gasteiger charge is -2.07. The van der Waals surface area contributed by atoms with Gasteiger partial charge in [0.25, 0.3) is 0 Å². The van der Waals surface area contributed by atoms with Crippen LogP contribution in [-0.2, 0) is 19.0 Å². The van der Waals surface area contributed by atoms with Crippen LogP contribution in [0.4, 0.5) is 0 Å². The van der Waals surface area contributed by atoms with E-state index < -0.39 is 11.9 Å². The van der Waals surface area contributed by atoms with Crippen LogP contribution in [-0.4, -0.2) is 31.1 Å². The Labute approximate surface area is 153 Å². The molecule has 0 atom stereocenters. The molecule has 1 rings (SSSR count). The highest BCUT2D eigenvalue weighted by molar-refractivity contribution is 6.03. The second kappa shape index (κ2) is 14.2. The number of hydrogen-bond donors (Lipinski definition) is 0. The number of rotatable bonds is 9. The van der Waals surface area contributed by atoms with Gasteiger partial charge in [0.2, 0.25) is 0 Å². The first kappa shape index (κ1) is 22.9. The van der Waals surface area contributed by atoms with Crippen LogP contribution in [0.2, 0.25) is 0 Å². The van der Waals surface area contributed by atoms with Gasteiger partial charge in [-0.2, -0.15) is 0 Å². The van der Waals surface area contributed by atoms with E-state index in [0.717, 1.165) is 12.7 Å². The Morgan fingerprint density at radius 3 is 1.73 bits per heavy atom. The zero-order chi connectivity index (χ0) is 19.8. The lowest BCUT2D eigenvalue weighted by molar-refractivity contribution is -0.138. The molecule has 0 aromatic heterocycles. The highest BCUT2D eigenvalue weighted by atomic mass is 16.5. The second-order valence-corrected chi connectivity index (χ2v) is 4.73. The number of benzene rings is 1. The molecule has 0 fully saturated rings. The number of ether oxygens (including phenoxy) is 3. The maximum absolute atomic E-state index is 11.7. The molecule has 6 heteroatoms. The molecule has 0 unspecified atom stereocenters. The Morgan fingerprint density at radius 1 is 0.923 bits per heavy atom. The number of hydrogen-bond acceptors (Lipinski definition) is 6. The van der Waals surface area contributed by atoms with Crippen molar-refractivity contribution >= 4 is 17.9 Å². The molecule has 0 aliphatic rings. The van der Waals surface area contributed by atoms with Gasteiger partial charge in [0.15, 0.2) is 0 Å². The van der Waals surface area contributed by atoms with Gasteiger partial charge in [0.1, 0.15) is 13.2 Å². The minimum Gasteiger partial charge on any atom is -0.458 e. The van der Waals surface area contributed by atoms with E-state index in [1.807, 2.05) is 6.92 Å². The van der Waals surface area contributed by atoms with Crippen LogP contribution in [0.25, 0.3) is 0 Å². The van der Waals surface area contributed by atoms with E-state index in [2.05, 4.69) is 24.5 Å². The van der Waals surface area contributed by atoms with Crippen LogP contribution in [0, 0.1) is 0 Å². The van der Waals surface area contributed by atoms with Crippen LogP contribution >= 0.6 is 0 Å². The summed E-state index contributed by atoms with van der Waals surface area (Å²) in [6, 6.07) is 6.31. The van der Waals surface area contributed by atoms with Crippen molar-refractivity contribution in [2.75, 3.05) is 13.2 Å². The molecule has 0 amide bonds. The summed E-state index contributed by atoms with van der Waals surface area (Å²) in [6.07, 6.45) is 5.36. The summed E-state index contributed by atoms with van der Waals surface area (Å²) in [5, 5.41) is 0. The Bertz CT molecular complexity index is 590. The van der Waals surface area contributed by atoms with Gasteiger partial charge in [-0.1, -0.05) is 50.9 Å². The molecule has 0 heterocycles. The molecule has 1 aromatic carbocycles. The molecule has 1 aromatic rings. The summed E-state index contributed by atoms with van der Waals surface area (Å²) in [4.78, 5) is 33.8. The fraction of sp³-hybridized carbons (Fsp3) is 0.250. The summed E-state index contributed by atoms with van der Waals surface area (Å²) in [5.41, 5.74) is 0.349. The predicted octanol–water partition coefficient (Wildman–Crippen LogP) is 3.85. The van der Waals surface area contributed by atoms with E-state index in [-0.39, 0.29) is 30.3 Å². The Hall–Kier alpha value is -3.15. The van der Waals surface area contributed by atoms with Crippen molar-refractivity contribution in [2.24, 2.45) is 0 Å². The third-order valence-electron chi connectivity index (χ3n) is 2.70. The van der Waals surface area contributed by atoms with Crippen molar-refractivity contribution < 1.29 is 28.6 Å². The zero-order valence-electron chi connectivity index (χ0n) is 14.9. The lowest BCUT2D eigenvalue weighted by Crippen LogP contribution is -2.14. The highest BCUT2D eigenvalue weighted by Gasteiger charge is 2.18. The van der Waals surface area contributed by atoms with Crippen molar-refractivity contribution in [3.8, 4) is 0 Å². The Balaban J connectivity index is 0.000000660. The van der Waals surface area contributed by atoms with Crippen molar-refractivity contribution in [3.63, 3.8) is 0 Å². The van der Waals surface area contributed by atoms with E-state index in [9.17, 15) is 14.4 Å². The molecule has 0 saturated carbocycles. The molecule has 0 saturated heterocycles. The predicted molar refractivity (Wildman–Crippen MR) is 98.6 cm³/mol.